The van der Waals surface area contributed by atoms with E-state index in [9.17, 15) is 14.9 Å². The Morgan fingerprint density at radius 3 is 2.48 bits per heavy atom. The molecule has 0 aromatic heterocycles. The molecule has 0 unspecified atom stereocenters. The van der Waals surface area contributed by atoms with Crippen molar-refractivity contribution in [3.05, 3.63) is 69.8 Å². The summed E-state index contributed by atoms with van der Waals surface area (Å²) in [7, 11) is 0. The normalized spacial score (nSPS) is 10.5. The van der Waals surface area contributed by atoms with Crippen molar-refractivity contribution in [3.8, 4) is 5.75 Å². The van der Waals surface area contributed by atoms with E-state index >= 15 is 0 Å². The van der Waals surface area contributed by atoms with Crippen LogP contribution in [0, 0.1) is 16.0 Å². The third-order valence-electron chi connectivity index (χ3n) is 3.54. The number of amides is 1. The van der Waals surface area contributed by atoms with Crippen molar-refractivity contribution < 1.29 is 14.5 Å². The fraction of sp³-hybridized carbons (Fsp3) is 0.316. The highest BCUT2D eigenvalue weighted by Gasteiger charge is 2.15. The highest BCUT2D eigenvalue weighted by Crippen LogP contribution is 2.18. The van der Waals surface area contributed by atoms with Crippen molar-refractivity contribution in [3.63, 3.8) is 0 Å². The Balaban J connectivity index is 1.87. The molecule has 1 amide bonds. The summed E-state index contributed by atoms with van der Waals surface area (Å²) < 4.78 is 5.61. The smallest absolute Gasteiger partial charge is 0.273 e. The first kappa shape index (κ1) is 18.4. The number of carbonyl (C=O) groups excluding carboxylic acids is 1. The van der Waals surface area contributed by atoms with Crippen LogP contribution in [0.4, 0.5) is 5.69 Å². The van der Waals surface area contributed by atoms with Gasteiger partial charge in [-0.25, -0.2) is 0 Å². The molecule has 2 aromatic carbocycles. The maximum Gasteiger partial charge on any atom is 0.273 e. The lowest BCUT2D eigenvalue weighted by Gasteiger charge is -2.10. The van der Waals surface area contributed by atoms with Crippen LogP contribution in [-0.2, 0) is 17.8 Å². The van der Waals surface area contributed by atoms with Crippen LogP contribution in [0.25, 0.3) is 0 Å². The van der Waals surface area contributed by atoms with Crippen molar-refractivity contribution in [2.24, 2.45) is 5.92 Å². The first-order valence-corrected chi connectivity index (χ1v) is 8.16. The van der Waals surface area contributed by atoms with Gasteiger partial charge in [0.05, 0.1) is 18.0 Å². The van der Waals surface area contributed by atoms with E-state index in [2.05, 4.69) is 19.2 Å². The minimum atomic E-state index is -0.474. The lowest BCUT2D eigenvalue weighted by molar-refractivity contribution is -0.385. The lowest BCUT2D eigenvalue weighted by atomic mass is 10.1. The Bertz CT molecular complexity index is 726. The first-order chi connectivity index (χ1) is 12.0. The van der Waals surface area contributed by atoms with E-state index < -0.39 is 4.92 Å². The predicted octanol–water partition coefficient (Wildman–Crippen LogP) is 3.49. The molecule has 2 aromatic rings. The lowest BCUT2D eigenvalue weighted by Crippen LogP contribution is -2.24. The van der Waals surface area contributed by atoms with Crippen LogP contribution < -0.4 is 10.1 Å². The fourth-order valence-corrected chi connectivity index (χ4v) is 2.24. The van der Waals surface area contributed by atoms with E-state index in [0.29, 0.717) is 24.6 Å². The van der Waals surface area contributed by atoms with Gasteiger partial charge in [-0.2, -0.15) is 0 Å². The molecule has 0 fully saturated rings. The number of hydrogen-bond donors (Lipinski definition) is 1. The summed E-state index contributed by atoms with van der Waals surface area (Å²) >= 11 is 0. The number of hydrogen-bond acceptors (Lipinski definition) is 4. The van der Waals surface area contributed by atoms with Gasteiger partial charge in [0.2, 0.25) is 5.91 Å². The van der Waals surface area contributed by atoms with Crippen LogP contribution in [0.2, 0.25) is 0 Å². The number of benzene rings is 2. The minimum Gasteiger partial charge on any atom is -0.493 e. The molecule has 0 heterocycles. The molecule has 6 heteroatoms. The third-order valence-corrected chi connectivity index (χ3v) is 3.54. The van der Waals surface area contributed by atoms with Gasteiger partial charge in [-0.05, 0) is 23.6 Å². The van der Waals surface area contributed by atoms with E-state index in [1.54, 1.807) is 18.2 Å². The number of carbonyl (C=O) groups is 1. The van der Waals surface area contributed by atoms with Gasteiger partial charge < -0.3 is 10.1 Å². The van der Waals surface area contributed by atoms with Gasteiger partial charge in [0.25, 0.3) is 5.69 Å². The molecular formula is C19H22N2O4. The molecule has 0 bridgehead atoms. The molecule has 0 aliphatic heterocycles. The summed E-state index contributed by atoms with van der Waals surface area (Å²) in [4.78, 5) is 22.5. The number of nitrogens with one attached hydrogen (secondary N) is 1. The van der Waals surface area contributed by atoms with Crippen molar-refractivity contribution in [1.82, 2.24) is 5.32 Å². The number of rotatable bonds is 8. The second-order valence-corrected chi connectivity index (χ2v) is 6.19. The molecule has 6 nitrogen and oxygen atoms in total. The Hall–Kier alpha value is -2.89. The summed E-state index contributed by atoms with van der Waals surface area (Å²) in [5.41, 5.74) is 1.31. The molecule has 0 spiro atoms. The average molecular weight is 342 g/mol. The molecule has 132 valence electrons. The molecule has 0 aliphatic rings. The number of para-hydroxylation sites is 1. The minimum absolute atomic E-state index is 0.0211. The molecule has 0 saturated heterocycles. The maximum absolute atomic E-state index is 12.0. The Morgan fingerprint density at radius 1 is 1.16 bits per heavy atom. The van der Waals surface area contributed by atoms with Crippen molar-refractivity contribution in [2.45, 2.75) is 26.8 Å². The fourth-order valence-electron chi connectivity index (χ4n) is 2.24. The second-order valence-electron chi connectivity index (χ2n) is 6.19. The van der Waals surface area contributed by atoms with E-state index in [-0.39, 0.29) is 18.0 Å². The molecule has 0 aliphatic carbocycles. The van der Waals surface area contributed by atoms with Crippen molar-refractivity contribution in [1.29, 1.82) is 0 Å². The Kier molecular flexibility index (Phi) is 6.51. The zero-order chi connectivity index (χ0) is 18.2. The highest BCUT2D eigenvalue weighted by molar-refractivity contribution is 5.79. The standard InChI is InChI=1S/C19H22N2O4/c1-14(2)13-25-17-9-7-15(8-10-17)12-20-19(22)11-16-5-3-4-6-18(16)21(23)24/h3-10,14H,11-13H2,1-2H3,(H,20,22). The van der Waals surface area contributed by atoms with Gasteiger partial charge in [0.1, 0.15) is 5.75 Å². The van der Waals surface area contributed by atoms with E-state index in [4.69, 9.17) is 4.74 Å². The largest absolute Gasteiger partial charge is 0.493 e. The second kappa shape index (κ2) is 8.82. The van der Waals surface area contributed by atoms with E-state index in [1.807, 2.05) is 24.3 Å². The van der Waals surface area contributed by atoms with Crippen molar-refractivity contribution >= 4 is 11.6 Å². The topological polar surface area (TPSA) is 81.5 Å². The number of nitro groups is 1. The van der Waals surface area contributed by atoms with Gasteiger partial charge in [0.15, 0.2) is 0 Å². The van der Waals surface area contributed by atoms with Gasteiger partial charge >= 0.3 is 0 Å². The average Bonchev–Trinajstić information content (AvgIpc) is 2.59. The maximum atomic E-state index is 12.0. The van der Waals surface area contributed by atoms with Crippen LogP contribution in [0.3, 0.4) is 0 Å². The molecule has 2 rings (SSSR count). The van der Waals surface area contributed by atoms with Crippen LogP contribution in [-0.4, -0.2) is 17.4 Å². The summed E-state index contributed by atoms with van der Waals surface area (Å²) in [5.74, 6) is 0.999. The van der Waals surface area contributed by atoms with Gasteiger partial charge in [-0.15, -0.1) is 0 Å². The SMILES string of the molecule is CC(C)COc1ccc(CNC(=O)Cc2ccccc2[N+](=O)[O-])cc1. The van der Waals surface area contributed by atoms with E-state index in [1.165, 1.54) is 6.07 Å². The summed E-state index contributed by atoms with van der Waals surface area (Å²) in [6.45, 7) is 5.19. The molecule has 25 heavy (non-hydrogen) atoms. The van der Waals surface area contributed by atoms with Crippen LogP contribution in [0.1, 0.15) is 25.0 Å². The Morgan fingerprint density at radius 2 is 1.84 bits per heavy atom. The van der Waals surface area contributed by atoms with Crippen LogP contribution in [0.5, 0.6) is 5.75 Å². The van der Waals surface area contributed by atoms with Crippen LogP contribution in [0.15, 0.2) is 48.5 Å². The summed E-state index contributed by atoms with van der Waals surface area (Å²) in [6, 6.07) is 13.8. The molecule has 0 atom stereocenters. The highest BCUT2D eigenvalue weighted by atomic mass is 16.6. The summed E-state index contributed by atoms with van der Waals surface area (Å²) in [5, 5.41) is 13.8. The van der Waals surface area contributed by atoms with E-state index in [0.717, 1.165) is 11.3 Å². The van der Waals surface area contributed by atoms with Crippen LogP contribution >= 0.6 is 0 Å². The van der Waals surface area contributed by atoms with Gasteiger partial charge in [-0.1, -0.05) is 44.2 Å². The zero-order valence-corrected chi connectivity index (χ0v) is 14.4. The number of ether oxygens (including phenoxy) is 1. The molecule has 1 N–H and O–H groups in total. The molecular weight excluding hydrogens is 320 g/mol. The predicted molar refractivity (Wildman–Crippen MR) is 95.4 cm³/mol. The van der Waals surface area contributed by atoms with Crippen molar-refractivity contribution in [2.75, 3.05) is 6.61 Å². The number of nitrogens with zero attached hydrogens (tertiary/aromatic N) is 1. The first-order valence-electron chi connectivity index (χ1n) is 8.16. The monoisotopic (exact) mass is 342 g/mol. The quantitative estimate of drug-likeness (QED) is 0.588. The zero-order valence-electron chi connectivity index (χ0n) is 14.4. The Labute approximate surface area is 147 Å². The summed E-state index contributed by atoms with van der Waals surface area (Å²) in [6.07, 6.45) is -0.0211. The molecule has 0 saturated carbocycles. The van der Waals surface area contributed by atoms with Gasteiger partial charge in [-0.3, -0.25) is 14.9 Å². The molecule has 0 radical (unpaired) electrons. The number of nitro benzene ring substituents is 1. The van der Waals surface area contributed by atoms with Gasteiger partial charge in [0, 0.05) is 18.2 Å². The third kappa shape index (κ3) is 5.91.